The van der Waals surface area contributed by atoms with Gasteiger partial charge in [0.2, 0.25) is 0 Å². The summed E-state index contributed by atoms with van der Waals surface area (Å²) in [6.07, 6.45) is 1.05. The van der Waals surface area contributed by atoms with Crippen molar-refractivity contribution in [2.75, 3.05) is 18.0 Å². The summed E-state index contributed by atoms with van der Waals surface area (Å²) in [6, 6.07) is 8.42. The molecule has 0 aliphatic carbocycles. The molecule has 0 spiro atoms. The Labute approximate surface area is 90.1 Å². The van der Waals surface area contributed by atoms with Gasteiger partial charge in [-0.1, -0.05) is 0 Å². The van der Waals surface area contributed by atoms with Gasteiger partial charge < -0.3 is 10.6 Å². The van der Waals surface area contributed by atoms with Gasteiger partial charge in [-0.05, 0) is 37.1 Å². The lowest BCUT2D eigenvalue weighted by molar-refractivity contribution is 0.752. The van der Waals surface area contributed by atoms with E-state index in [0.29, 0.717) is 6.04 Å². The molecular formula is C12H15N3. The Kier molecular flexibility index (Phi) is 2.61. The Balaban J connectivity index is 2.24. The molecule has 0 radical (unpaired) electrons. The van der Waals surface area contributed by atoms with E-state index in [1.165, 1.54) is 5.69 Å². The van der Waals surface area contributed by atoms with Gasteiger partial charge in [-0.2, -0.15) is 5.26 Å². The van der Waals surface area contributed by atoms with Crippen molar-refractivity contribution in [3.05, 3.63) is 29.3 Å². The molecule has 1 unspecified atom stereocenters. The fraction of sp³-hybridized carbons (Fsp3) is 0.417. The second kappa shape index (κ2) is 3.92. The van der Waals surface area contributed by atoms with Crippen LogP contribution in [0.1, 0.15) is 17.5 Å². The van der Waals surface area contributed by atoms with Gasteiger partial charge in [0, 0.05) is 24.8 Å². The second-order valence-electron chi connectivity index (χ2n) is 4.11. The number of hydrogen-bond donors (Lipinski definition) is 1. The molecule has 2 N–H and O–H groups in total. The van der Waals surface area contributed by atoms with E-state index in [0.717, 1.165) is 30.6 Å². The van der Waals surface area contributed by atoms with E-state index in [2.05, 4.69) is 17.0 Å². The van der Waals surface area contributed by atoms with Crippen molar-refractivity contribution in [3.63, 3.8) is 0 Å². The molecule has 0 amide bonds. The maximum absolute atomic E-state index is 8.83. The second-order valence-corrected chi connectivity index (χ2v) is 4.11. The molecule has 3 nitrogen and oxygen atoms in total. The molecule has 2 rings (SSSR count). The van der Waals surface area contributed by atoms with Gasteiger partial charge in [-0.3, -0.25) is 0 Å². The van der Waals surface area contributed by atoms with Crippen LogP contribution in [0.25, 0.3) is 0 Å². The number of nitrogens with zero attached hydrogens (tertiary/aromatic N) is 2. The molecule has 0 bridgehead atoms. The first-order valence-corrected chi connectivity index (χ1v) is 5.22. The fourth-order valence-electron chi connectivity index (χ4n) is 1.99. The first-order valence-electron chi connectivity index (χ1n) is 5.22. The molecule has 0 aromatic heterocycles. The standard InChI is InChI=1S/C12H15N3/c1-9-6-12(3-2-10(9)7-13)15-5-4-11(14)8-15/h2-3,6,11H,4-5,8,14H2,1H3. The number of anilines is 1. The van der Waals surface area contributed by atoms with Crippen LogP contribution in [0, 0.1) is 18.3 Å². The lowest BCUT2D eigenvalue weighted by Crippen LogP contribution is -2.26. The Morgan fingerprint density at radius 2 is 2.33 bits per heavy atom. The van der Waals surface area contributed by atoms with Crippen LogP contribution in [-0.2, 0) is 0 Å². The predicted molar refractivity (Wildman–Crippen MR) is 60.7 cm³/mol. The lowest BCUT2D eigenvalue weighted by Gasteiger charge is -2.18. The number of rotatable bonds is 1. The minimum Gasteiger partial charge on any atom is -0.370 e. The minimum absolute atomic E-state index is 0.293. The van der Waals surface area contributed by atoms with Gasteiger partial charge in [0.15, 0.2) is 0 Å². The SMILES string of the molecule is Cc1cc(N2CCC(N)C2)ccc1C#N. The number of hydrogen-bond acceptors (Lipinski definition) is 3. The van der Waals surface area contributed by atoms with Gasteiger partial charge in [-0.15, -0.1) is 0 Å². The van der Waals surface area contributed by atoms with Crippen LogP contribution in [-0.4, -0.2) is 19.1 Å². The van der Waals surface area contributed by atoms with Crippen LogP contribution in [0.15, 0.2) is 18.2 Å². The Hall–Kier alpha value is -1.53. The summed E-state index contributed by atoms with van der Waals surface area (Å²) < 4.78 is 0. The van der Waals surface area contributed by atoms with E-state index in [1.54, 1.807) is 0 Å². The van der Waals surface area contributed by atoms with Crippen LogP contribution in [0.5, 0.6) is 0 Å². The van der Waals surface area contributed by atoms with Crippen molar-refractivity contribution < 1.29 is 0 Å². The zero-order valence-corrected chi connectivity index (χ0v) is 8.90. The van der Waals surface area contributed by atoms with Crippen molar-refractivity contribution >= 4 is 5.69 Å². The van der Waals surface area contributed by atoms with Gasteiger partial charge in [0.1, 0.15) is 0 Å². The quantitative estimate of drug-likeness (QED) is 0.747. The highest BCUT2D eigenvalue weighted by Gasteiger charge is 2.19. The average molecular weight is 201 g/mol. The lowest BCUT2D eigenvalue weighted by atomic mass is 10.1. The monoisotopic (exact) mass is 201 g/mol. The Bertz CT molecular complexity index is 406. The van der Waals surface area contributed by atoms with Gasteiger partial charge in [0.05, 0.1) is 11.6 Å². The van der Waals surface area contributed by atoms with E-state index < -0.39 is 0 Å². The highest BCUT2D eigenvalue weighted by atomic mass is 15.2. The Morgan fingerprint density at radius 3 is 2.87 bits per heavy atom. The van der Waals surface area contributed by atoms with E-state index in [1.807, 2.05) is 19.1 Å². The van der Waals surface area contributed by atoms with Crippen molar-refractivity contribution in [2.24, 2.45) is 5.73 Å². The van der Waals surface area contributed by atoms with E-state index in [-0.39, 0.29) is 0 Å². The largest absolute Gasteiger partial charge is 0.370 e. The number of aryl methyl sites for hydroxylation is 1. The van der Waals surface area contributed by atoms with E-state index in [9.17, 15) is 0 Å². The summed E-state index contributed by atoms with van der Waals surface area (Å²) in [5, 5.41) is 8.83. The normalized spacial score (nSPS) is 20.3. The van der Waals surface area contributed by atoms with Crippen molar-refractivity contribution in [1.82, 2.24) is 0 Å². The topological polar surface area (TPSA) is 53.0 Å². The van der Waals surface area contributed by atoms with Crippen LogP contribution < -0.4 is 10.6 Å². The first kappa shape index (κ1) is 10.0. The summed E-state index contributed by atoms with van der Waals surface area (Å²) in [5.74, 6) is 0. The molecule has 1 fully saturated rings. The van der Waals surface area contributed by atoms with E-state index in [4.69, 9.17) is 11.0 Å². The third-order valence-electron chi connectivity index (χ3n) is 2.92. The first-order chi connectivity index (χ1) is 7.20. The molecular weight excluding hydrogens is 186 g/mol. The average Bonchev–Trinajstić information content (AvgIpc) is 2.65. The third-order valence-corrected chi connectivity index (χ3v) is 2.92. The van der Waals surface area contributed by atoms with Crippen molar-refractivity contribution in [1.29, 1.82) is 5.26 Å². The van der Waals surface area contributed by atoms with Crippen LogP contribution in [0.3, 0.4) is 0 Å². The summed E-state index contributed by atoms with van der Waals surface area (Å²) in [4.78, 5) is 2.28. The van der Waals surface area contributed by atoms with Gasteiger partial charge >= 0.3 is 0 Å². The number of benzene rings is 1. The summed E-state index contributed by atoms with van der Waals surface area (Å²) >= 11 is 0. The number of nitrogens with two attached hydrogens (primary N) is 1. The maximum atomic E-state index is 8.83. The molecule has 1 aliphatic rings. The zero-order chi connectivity index (χ0) is 10.8. The highest BCUT2D eigenvalue weighted by molar-refractivity contribution is 5.54. The smallest absolute Gasteiger partial charge is 0.0994 e. The van der Waals surface area contributed by atoms with Crippen LogP contribution >= 0.6 is 0 Å². The van der Waals surface area contributed by atoms with Crippen LogP contribution in [0.2, 0.25) is 0 Å². The Morgan fingerprint density at radius 1 is 1.53 bits per heavy atom. The van der Waals surface area contributed by atoms with Crippen molar-refractivity contribution in [3.8, 4) is 6.07 Å². The van der Waals surface area contributed by atoms with Gasteiger partial charge in [0.25, 0.3) is 0 Å². The maximum Gasteiger partial charge on any atom is 0.0994 e. The fourth-order valence-corrected chi connectivity index (χ4v) is 1.99. The zero-order valence-electron chi connectivity index (χ0n) is 8.90. The highest BCUT2D eigenvalue weighted by Crippen LogP contribution is 2.22. The molecule has 1 saturated heterocycles. The van der Waals surface area contributed by atoms with E-state index >= 15 is 0 Å². The summed E-state index contributed by atoms with van der Waals surface area (Å²) in [6.45, 7) is 3.91. The molecule has 1 aromatic carbocycles. The molecule has 1 atom stereocenters. The molecule has 3 heteroatoms. The molecule has 15 heavy (non-hydrogen) atoms. The molecule has 1 aliphatic heterocycles. The summed E-state index contributed by atoms with van der Waals surface area (Å²) in [5.41, 5.74) is 8.83. The van der Waals surface area contributed by atoms with Crippen molar-refractivity contribution in [2.45, 2.75) is 19.4 Å². The molecule has 1 aromatic rings. The molecule has 0 saturated carbocycles. The molecule has 1 heterocycles. The predicted octanol–water partition coefficient (Wildman–Crippen LogP) is 1.40. The minimum atomic E-state index is 0.293. The van der Waals surface area contributed by atoms with Gasteiger partial charge in [-0.25, -0.2) is 0 Å². The van der Waals surface area contributed by atoms with Crippen LogP contribution in [0.4, 0.5) is 5.69 Å². The molecule has 78 valence electrons. The number of nitriles is 1. The summed E-state index contributed by atoms with van der Waals surface area (Å²) in [7, 11) is 0. The third kappa shape index (κ3) is 1.95.